The Bertz CT molecular complexity index is 794. The maximum Gasteiger partial charge on any atom is 0.243 e. The zero-order valence-corrected chi connectivity index (χ0v) is 15.2. The molecule has 1 aliphatic heterocycles. The summed E-state index contributed by atoms with van der Waals surface area (Å²) >= 11 is 0. The molecule has 1 aliphatic rings. The van der Waals surface area contributed by atoms with Crippen molar-refractivity contribution in [2.75, 3.05) is 6.54 Å². The van der Waals surface area contributed by atoms with Crippen LogP contribution >= 0.6 is 0 Å². The van der Waals surface area contributed by atoms with E-state index in [-0.39, 0.29) is 6.04 Å². The molecule has 2 aromatic rings. The van der Waals surface area contributed by atoms with Gasteiger partial charge in [-0.25, -0.2) is 8.42 Å². The summed E-state index contributed by atoms with van der Waals surface area (Å²) in [5, 5.41) is 4.02. The van der Waals surface area contributed by atoms with Crippen molar-refractivity contribution >= 4 is 10.0 Å². The molecule has 130 valence electrons. The van der Waals surface area contributed by atoms with Crippen LogP contribution in [-0.4, -0.2) is 24.4 Å². The highest BCUT2D eigenvalue weighted by atomic mass is 32.2. The van der Waals surface area contributed by atoms with E-state index in [1.165, 1.54) is 0 Å². The van der Waals surface area contributed by atoms with Crippen molar-refractivity contribution in [2.24, 2.45) is 5.92 Å². The van der Waals surface area contributed by atoms with E-state index < -0.39 is 10.0 Å². The molecular weight excluding hydrogens is 324 g/mol. The van der Waals surface area contributed by atoms with Gasteiger partial charge in [-0.2, -0.15) is 4.31 Å². The second kappa shape index (κ2) is 6.69. The number of hydrogen-bond donors (Lipinski definition) is 0. The van der Waals surface area contributed by atoms with Crippen LogP contribution in [0.3, 0.4) is 0 Å². The predicted molar refractivity (Wildman–Crippen MR) is 92.1 cm³/mol. The van der Waals surface area contributed by atoms with Crippen molar-refractivity contribution in [3.63, 3.8) is 0 Å². The average Bonchev–Trinajstić information content (AvgIpc) is 3.15. The van der Waals surface area contributed by atoms with Crippen LogP contribution in [0.5, 0.6) is 0 Å². The number of hydrogen-bond acceptors (Lipinski definition) is 4. The molecule has 2 heterocycles. The highest BCUT2D eigenvalue weighted by Crippen LogP contribution is 2.36. The molecule has 24 heavy (non-hydrogen) atoms. The molecule has 1 aromatic heterocycles. The summed E-state index contributed by atoms with van der Waals surface area (Å²) in [6.45, 7) is 6.64. The molecule has 0 saturated carbocycles. The van der Waals surface area contributed by atoms with Gasteiger partial charge in [-0.3, -0.25) is 0 Å². The first-order chi connectivity index (χ1) is 11.4. The Balaban J connectivity index is 1.86. The van der Waals surface area contributed by atoms with Crippen LogP contribution in [0.2, 0.25) is 0 Å². The van der Waals surface area contributed by atoms with Gasteiger partial charge in [0.25, 0.3) is 0 Å². The Labute approximate surface area is 143 Å². The van der Waals surface area contributed by atoms with E-state index in [4.69, 9.17) is 4.52 Å². The Morgan fingerprint density at radius 1 is 1.29 bits per heavy atom. The zero-order valence-electron chi connectivity index (χ0n) is 14.4. The van der Waals surface area contributed by atoms with Crippen LogP contribution in [0.15, 0.2) is 39.8 Å². The molecule has 1 aromatic carbocycles. The Morgan fingerprint density at radius 2 is 2.00 bits per heavy atom. The van der Waals surface area contributed by atoms with Crippen LogP contribution in [0.25, 0.3) is 0 Å². The summed E-state index contributed by atoms with van der Waals surface area (Å²) in [5.41, 5.74) is 1.86. The van der Waals surface area contributed by atoms with Gasteiger partial charge in [0.1, 0.15) is 11.5 Å². The molecule has 1 fully saturated rings. The monoisotopic (exact) mass is 348 g/mol. The van der Waals surface area contributed by atoms with Gasteiger partial charge in [0.2, 0.25) is 10.0 Å². The standard InChI is InChI=1S/C18H24N2O3S/c1-13(2)11-15-6-8-16(9-7-15)24(21,22)20-10-4-5-18(20)17-12-14(3)23-19-17/h6-9,12-13,18H,4-5,10-11H2,1-3H3/t18-/m0/s1. The van der Waals surface area contributed by atoms with Gasteiger partial charge in [0.05, 0.1) is 10.9 Å². The molecule has 0 unspecified atom stereocenters. The predicted octanol–water partition coefficient (Wildman–Crippen LogP) is 3.71. The molecule has 0 bridgehead atoms. The minimum atomic E-state index is -3.52. The van der Waals surface area contributed by atoms with Gasteiger partial charge in [0, 0.05) is 12.6 Å². The van der Waals surface area contributed by atoms with Crippen molar-refractivity contribution in [3.8, 4) is 0 Å². The van der Waals surface area contributed by atoms with Gasteiger partial charge < -0.3 is 4.52 Å². The molecule has 1 saturated heterocycles. The molecule has 0 spiro atoms. The Morgan fingerprint density at radius 3 is 2.58 bits per heavy atom. The second-order valence-electron chi connectivity index (χ2n) is 6.88. The quantitative estimate of drug-likeness (QED) is 0.826. The first kappa shape index (κ1) is 17.2. The largest absolute Gasteiger partial charge is 0.361 e. The van der Waals surface area contributed by atoms with Crippen molar-refractivity contribution < 1.29 is 12.9 Å². The summed E-state index contributed by atoms with van der Waals surface area (Å²) in [4.78, 5) is 0.349. The maximum atomic E-state index is 13.0. The van der Waals surface area contributed by atoms with Gasteiger partial charge >= 0.3 is 0 Å². The van der Waals surface area contributed by atoms with E-state index >= 15 is 0 Å². The molecule has 0 aliphatic carbocycles. The fourth-order valence-corrected chi connectivity index (χ4v) is 4.94. The molecule has 0 radical (unpaired) electrons. The molecular formula is C18H24N2O3S. The van der Waals surface area contributed by atoms with E-state index in [0.29, 0.717) is 28.8 Å². The highest BCUT2D eigenvalue weighted by Gasteiger charge is 2.37. The Hall–Kier alpha value is -1.66. The average molecular weight is 348 g/mol. The van der Waals surface area contributed by atoms with E-state index in [2.05, 4.69) is 19.0 Å². The first-order valence-corrected chi connectivity index (χ1v) is 9.86. The van der Waals surface area contributed by atoms with Gasteiger partial charge in [-0.15, -0.1) is 0 Å². The molecule has 0 N–H and O–H groups in total. The number of sulfonamides is 1. The van der Waals surface area contributed by atoms with Crippen molar-refractivity contribution in [1.29, 1.82) is 0 Å². The summed E-state index contributed by atoms with van der Waals surface area (Å²) in [6, 6.07) is 8.86. The summed E-state index contributed by atoms with van der Waals surface area (Å²) in [6.07, 6.45) is 2.56. The lowest BCUT2D eigenvalue weighted by atomic mass is 10.0. The SMILES string of the molecule is Cc1cc([C@@H]2CCCN2S(=O)(=O)c2ccc(CC(C)C)cc2)no1. The number of nitrogens with zero attached hydrogens (tertiary/aromatic N) is 2. The Kier molecular flexibility index (Phi) is 4.78. The molecule has 0 amide bonds. The lowest BCUT2D eigenvalue weighted by Crippen LogP contribution is -2.30. The van der Waals surface area contributed by atoms with E-state index in [1.54, 1.807) is 16.4 Å². The third-order valence-corrected chi connectivity index (χ3v) is 6.29. The van der Waals surface area contributed by atoms with Gasteiger partial charge in [0.15, 0.2) is 0 Å². The van der Waals surface area contributed by atoms with E-state index in [9.17, 15) is 8.42 Å². The third-order valence-electron chi connectivity index (χ3n) is 4.37. The number of benzene rings is 1. The van der Waals surface area contributed by atoms with Crippen LogP contribution in [0, 0.1) is 12.8 Å². The summed E-state index contributed by atoms with van der Waals surface area (Å²) in [5.74, 6) is 1.25. The fourth-order valence-electron chi connectivity index (χ4n) is 3.27. The molecule has 5 nitrogen and oxygen atoms in total. The van der Waals surface area contributed by atoms with Crippen LogP contribution in [0.4, 0.5) is 0 Å². The second-order valence-corrected chi connectivity index (χ2v) is 8.77. The minimum absolute atomic E-state index is 0.234. The van der Waals surface area contributed by atoms with Crippen LogP contribution < -0.4 is 0 Å². The summed E-state index contributed by atoms with van der Waals surface area (Å²) < 4.78 is 32.7. The zero-order chi connectivity index (χ0) is 17.3. The van der Waals surface area contributed by atoms with Crippen LogP contribution in [0.1, 0.15) is 49.7 Å². The molecule has 3 rings (SSSR count). The topological polar surface area (TPSA) is 63.4 Å². The molecule has 6 heteroatoms. The molecule has 1 atom stereocenters. The van der Waals surface area contributed by atoms with Crippen LogP contribution in [-0.2, 0) is 16.4 Å². The van der Waals surface area contributed by atoms with E-state index in [0.717, 1.165) is 24.8 Å². The van der Waals surface area contributed by atoms with Gasteiger partial charge in [-0.1, -0.05) is 31.1 Å². The smallest absolute Gasteiger partial charge is 0.243 e. The normalized spacial score (nSPS) is 19.2. The van der Waals surface area contributed by atoms with Crippen molar-refractivity contribution in [3.05, 3.63) is 47.3 Å². The lowest BCUT2D eigenvalue weighted by Gasteiger charge is -2.22. The van der Waals surface area contributed by atoms with Crippen molar-refractivity contribution in [1.82, 2.24) is 9.46 Å². The van der Waals surface area contributed by atoms with Crippen molar-refractivity contribution in [2.45, 2.75) is 51.0 Å². The number of aryl methyl sites for hydroxylation is 1. The minimum Gasteiger partial charge on any atom is -0.361 e. The summed E-state index contributed by atoms with van der Waals surface area (Å²) in [7, 11) is -3.52. The maximum absolute atomic E-state index is 13.0. The first-order valence-electron chi connectivity index (χ1n) is 8.42. The fraction of sp³-hybridized carbons (Fsp3) is 0.500. The van der Waals surface area contributed by atoms with Gasteiger partial charge in [-0.05, 0) is 49.8 Å². The number of rotatable bonds is 5. The highest BCUT2D eigenvalue weighted by molar-refractivity contribution is 7.89. The number of aromatic nitrogens is 1. The third kappa shape index (κ3) is 3.39. The van der Waals surface area contributed by atoms with E-state index in [1.807, 2.05) is 25.1 Å². The lowest BCUT2D eigenvalue weighted by molar-refractivity contribution is 0.349.